The van der Waals surface area contributed by atoms with Gasteiger partial charge in [-0.1, -0.05) is 19.1 Å². The fourth-order valence-electron chi connectivity index (χ4n) is 2.77. The van der Waals surface area contributed by atoms with Gasteiger partial charge in [-0.2, -0.15) is 0 Å². The highest BCUT2D eigenvalue weighted by Crippen LogP contribution is 2.39. The van der Waals surface area contributed by atoms with Gasteiger partial charge in [0.05, 0.1) is 17.4 Å². The number of rotatable bonds is 4. The number of nitrogens with zero attached hydrogens (tertiary/aromatic N) is 2. The second-order valence-electron chi connectivity index (χ2n) is 6.41. The number of fused-ring (bicyclic) bond motifs is 1. The van der Waals surface area contributed by atoms with Crippen molar-refractivity contribution in [2.75, 3.05) is 0 Å². The number of benzene rings is 1. The minimum absolute atomic E-state index is 0.0806. The van der Waals surface area contributed by atoms with Crippen molar-refractivity contribution in [2.24, 2.45) is 11.8 Å². The predicted molar refractivity (Wildman–Crippen MR) is 85.3 cm³/mol. The summed E-state index contributed by atoms with van der Waals surface area (Å²) in [6.07, 6.45) is 0.962. The minimum Gasteiger partial charge on any atom is -0.333 e. The van der Waals surface area contributed by atoms with Gasteiger partial charge >= 0.3 is 0 Å². The van der Waals surface area contributed by atoms with Crippen LogP contribution in [-0.2, 0) is 11.3 Å². The molecule has 0 radical (unpaired) electrons. The van der Waals surface area contributed by atoms with Gasteiger partial charge in [-0.15, -0.1) is 0 Å². The van der Waals surface area contributed by atoms with Gasteiger partial charge in [-0.05, 0) is 38.3 Å². The van der Waals surface area contributed by atoms with Crippen LogP contribution >= 0.6 is 0 Å². The van der Waals surface area contributed by atoms with Crippen LogP contribution in [0.2, 0.25) is 0 Å². The summed E-state index contributed by atoms with van der Waals surface area (Å²) < 4.78 is 0. The summed E-state index contributed by atoms with van der Waals surface area (Å²) in [5, 5.41) is 0.574. The van der Waals surface area contributed by atoms with Gasteiger partial charge in [0, 0.05) is 12.0 Å². The third kappa shape index (κ3) is 2.75. The highest BCUT2D eigenvalue weighted by Gasteiger charge is 2.42. The maximum absolute atomic E-state index is 12.5. The number of aromatic nitrogens is 2. The average Bonchev–Trinajstić information content (AvgIpc) is 3.21. The van der Waals surface area contributed by atoms with E-state index in [1.807, 2.05) is 32.0 Å². The summed E-state index contributed by atoms with van der Waals surface area (Å²) in [4.78, 5) is 33.7. The number of carbonyl (C=O) groups excluding carboxylic acids is 1. The molecule has 0 bridgehead atoms. The Hall–Kier alpha value is -2.17. The number of H-pyrrole nitrogens is 1. The van der Waals surface area contributed by atoms with E-state index in [0.717, 1.165) is 6.42 Å². The first-order valence-electron chi connectivity index (χ1n) is 7.75. The topological polar surface area (TPSA) is 66.1 Å². The van der Waals surface area contributed by atoms with E-state index in [1.165, 1.54) is 0 Å². The SMILES string of the molecule is CC1CC1C(=O)N(Cc1nc2ccccc2c(=O)[nH]1)C(C)C. The molecular formula is C17H21N3O2. The standard InChI is InChI=1S/C17H21N3O2/c1-10(2)20(17(22)13-8-11(13)3)9-15-18-14-7-5-4-6-12(14)16(21)19-15/h4-7,10-11,13H,8-9H2,1-3H3,(H,18,19,21). The Balaban J connectivity index is 1.90. The Labute approximate surface area is 129 Å². The molecule has 1 amide bonds. The average molecular weight is 299 g/mol. The number of para-hydroxylation sites is 1. The van der Waals surface area contributed by atoms with Crippen molar-refractivity contribution in [3.8, 4) is 0 Å². The molecule has 1 heterocycles. The Morgan fingerprint density at radius 1 is 1.41 bits per heavy atom. The van der Waals surface area contributed by atoms with E-state index in [4.69, 9.17) is 0 Å². The number of hydrogen-bond acceptors (Lipinski definition) is 3. The second kappa shape index (κ2) is 5.55. The van der Waals surface area contributed by atoms with Crippen LogP contribution in [0, 0.1) is 11.8 Å². The molecule has 0 saturated heterocycles. The Morgan fingerprint density at radius 3 is 2.73 bits per heavy atom. The first-order chi connectivity index (χ1) is 10.5. The minimum atomic E-state index is -0.156. The zero-order valence-electron chi connectivity index (χ0n) is 13.2. The number of nitrogens with one attached hydrogen (secondary N) is 1. The summed E-state index contributed by atoms with van der Waals surface area (Å²) in [5.41, 5.74) is 0.508. The van der Waals surface area contributed by atoms with Gasteiger partial charge in [0.1, 0.15) is 5.82 Å². The highest BCUT2D eigenvalue weighted by molar-refractivity contribution is 5.82. The Morgan fingerprint density at radius 2 is 2.09 bits per heavy atom. The zero-order chi connectivity index (χ0) is 15.9. The van der Waals surface area contributed by atoms with Gasteiger partial charge in [0.2, 0.25) is 5.91 Å². The molecule has 5 heteroatoms. The van der Waals surface area contributed by atoms with Crippen LogP contribution in [0.15, 0.2) is 29.1 Å². The molecular weight excluding hydrogens is 278 g/mol. The molecule has 2 atom stereocenters. The van der Waals surface area contributed by atoms with E-state index in [-0.39, 0.29) is 23.4 Å². The zero-order valence-corrected chi connectivity index (χ0v) is 13.2. The molecule has 0 aliphatic heterocycles. The van der Waals surface area contributed by atoms with E-state index < -0.39 is 0 Å². The van der Waals surface area contributed by atoms with Gasteiger partial charge in [-0.25, -0.2) is 4.98 Å². The number of amides is 1. The van der Waals surface area contributed by atoms with E-state index in [0.29, 0.717) is 29.2 Å². The maximum Gasteiger partial charge on any atom is 0.258 e. The van der Waals surface area contributed by atoms with Crippen molar-refractivity contribution in [1.29, 1.82) is 0 Å². The van der Waals surface area contributed by atoms with E-state index >= 15 is 0 Å². The second-order valence-corrected chi connectivity index (χ2v) is 6.41. The van der Waals surface area contributed by atoms with Crippen molar-refractivity contribution >= 4 is 16.8 Å². The van der Waals surface area contributed by atoms with Crippen LogP contribution in [-0.4, -0.2) is 26.8 Å². The van der Waals surface area contributed by atoms with Gasteiger partial charge < -0.3 is 9.88 Å². The molecule has 1 aromatic heterocycles. The molecule has 2 aromatic rings. The van der Waals surface area contributed by atoms with Crippen molar-refractivity contribution in [3.05, 3.63) is 40.4 Å². The lowest BCUT2D eigenvalue weighted by Gasteiger charge is -2.26. The summed E-state index contributed by atoms with van der Waals surface area (Å²) in [6, 6.07) is 7.32. The fourth-order valence-corrected chi connectivity index (χ4v) is 2.77. The van der Waals surface area contributed by atoms with Crippen LogP contribution in [0.3, 0.4) is 0 Å². The Bertz CT molecular complexity index is 766. The molecule has 5 nitrogen and oxygen atoms in total. The Kier molecular flexibility index (Phi) is 3.72. The largest absolute Gasteiger partial charge is 0.333 e. The van der Waals surface area contributed by atoms with Crippen LogP contribution in [0.5, 0.6) is 0 Å². The molecule has 1 aliphatic carbocycles. The molecule has 2 unspecified atom stereocenters. The fraction of sp³-hybridized carbons (Fsp3) is 0.471. The molecule has 1 saturated carbocycles. The summed E-state index contributed by atoms with van der Waals surface area (Å²) in [7, 11) is 0. The summed E-state index contributed by atoms with van der Waals surface area (Å²) >= 11 is 0. The molecule has 1 aromatic carbocycles. The molecule has 1 fully saturated rings. The predicted octanol–water partition coefficient (Wildman–Crippen LogP) is 2.32. The smallest absolute Gasteiger partial charge is 0.258 e. The quantitative estimate of drug-likeness (QED) is 0.942. The summed E-state index contributed by atoms with van der Waals surface area (Å²) in [5.74, 6) is 1.31. The molecule has 116 valence electrons. The number of carbonyl (C=O) groups is 1. The number of aromatic amines is 1. The van der Waals surface area contributed by atoms with Crippen LogP contribution in [0.1, 0.15) is 33.0 Å². The van der Waals surface area contributed by atoms with Crippen molar-refractivity contribution < 1.29 is 4.79 Å². The monoisotopic (exact) mass is 299 g/mol. The molecule has 1 aliphatic rings. The maximum atomic E-state index is 12.5. The lowest BCUT2D eigenvalue weighted by Crippen LogP contribution is -2.38. The molecule has 22 heavy (non-hydrogen) atoms. The third-order valence-electron chi connectivity index (χ3n) is 4.32. The number of hydrogen-bond donors (Lipinski definition) is 1. The normalized spacial score (nSPS) is 20.4. The molecule has 3 rings (SSSR count). The highest BCUT2D eigenvalue weighted by atomic mass is 16.2. The first kappa shape index (κ1) is 14.8. The lowest BCUT2D eigenvalue weighted by atomic mass is 10.2. The van der Waals surface area contributed by atoms with E-state index in [2.05, 4.69) is 16.9 Å². The van der Waals surface area contributed by atoms with E-state index in [1.54, 1.807) is 11.0 Å². The van der Waals surface area contributed by atoms with Crippen LogP contribution in [0.25, 0.3) is 10.9 Å². The lowest BCUT2D eigenvalue weighted by molar-refractivity contribution is -0.135. The third-order valence-corrected chi connectivity index (χ3v) is 4.32. The van der Waals surface area contributed by atoms with E-state index in [9.17, 15) is 9.59 Å². The summed E-state index contributed by atoms with van der Waals surface area (Å²) in [6.45, 7) is 6.42. The first-order valence-corrected chi connectivity index (χ1v) is 7.75. The van der Waals surface area contributed by atoms with Crippen molar-refractivity contribution in [3.63, 3.8) is 0 Å². The van der Waals surface area contributed by atoms with Gasteiger partial charge in [-0.3, -0.25) is 9.59 Å². The van der Waals surface area contributed by atoms with Gasteiger partial charge in [0.15, 0.2) is 0 Å². The van der Waals surface area contributed by atoms with Crippen molar-refractivity contribution in [2.45, 2.75) is 39.8 Å². The van der Waals surface area contributed by atoms with Crippen LogP contribution < -0.4 is 5.56 Å². The molecule has 1 N–H and O–H groups in total. The van der Waals surface area contributed by atoms with Crippen molar-refractivity contribution in [1.82, 2.24) is 14.9 Å². The van der Waals surface area contributed by atoms with Crippen LogP contribution in [0.4, 0.5) is 0 Å². The molecule has 0 spiro atoms. The van der Waals surface area contributed by atoms with Gasteiger partial charge in [0.25, 0.3) is 5.56 Å².